The Morgan fingerprint density at radius 3 is 2.56 bits per heavy atom. The highest BCUT2D eigenvalue weighted by atomic mass is 32.1. The van der Waals surface area contributed by atoms with Gasteiger partial charge in [0.25, 0.3) is 0 Å². The van der Waals surface area contributed by atoms with E-state index in [0.717, 1.165) is 16.9 Å². The minimum Gasteiger partial charge on any atom is -0.393 e. The molecule has 0 saturated heterocycles. The van der Waals surface area contributed by atoms with Gasteiger partial charge in [0, 0.05) is 25.5 Å². The highest BCUT2D eigenvalue weighted by Crippen LogP contribution is 2.22. The molecular formula is C13H19N3OS. The molecule has 0 aliphatic carbocycles. The standard InChI is InChI=1S/C13H19N3OS/c1-8-5-6-10(7-11(8)16(3)4)15-13(17)9(2)12(14)18/h5-7,9H,1-4H3,(H2,14,18)(H,15,17). The molecule has 0 fully saturated rings. The maximum atomic E-state index is 11.8. The van der Waals surface area contributed by atoms with E-state index in [1.165, 1.54) is 0 Å². The van der Waals surface area contributed by atoms with Crippen molar-refractivity contribution in [2.24, 2.45) is 11.7 Å². The van der Waals surface area contributed by atoms with E-state index in [4.69, 9.17) is 18.0 Å². The lowest BCUT2D eigenvalue weighted by molar-refractivity contribution is -0.117. The van der Waals surface area contributed by atoms with E-state index >= 15 is 0 Å². The van der Waals surface area contributed by atoms with Crippen molar-refractivity contribution in [2.75, 3.05) is 24.3 Å². The number of nitrogens with zero attached hydrogens (tertiary/aromatic N) is 1. The quantitative estimate of drug-likeness (QED) is 0.817. The molecule has 5 heteroatoms. The topological polar surface area (TPSA) is 58.4 Å². The molecule has 3 N–H and O–H groups in total. The first-order chi connectivity index (χ1) is 8.32. The van der Waals surface area contributed by atoms with Gasteiger partial charge in [0.1, 0.15) is 0 Å². The zero-order valence-electron chi connectivity index (χ0n) is 11.2. The number of nitrogens with two attached hydrogens (primary N) is 1. The van der Waals surface area contributed by atoms with Crippen LogP contribution in [-0.4, -0.2) is 25.0 Å². The van der Waals surface area contributed by atoms with Crippen LogP contribution in [0.3, 0.4) is 0 Å². The fraction of sp³-hybridized carbons (Fsp3) is 0.385. The number of carbonyl (C=O) groups excluding carboxylic acids is 1. The summed E-state index contributed by atoms with van der Waals surface area (Å²) in [6.07, 6.45) is 0. The molecule has 0 aromatic heterocycles. The Morgan fingerprint density at radius 1 is 1.44 bits per heavy atom. The molecule has 1 rings (SSSR count). The van der Waals surface area contributed by atoms with Gasteiger partial charge in [-0.2, -0.15) is 0 Å². The monoisotopic (exact) mass is 265 g/mol. The molecule has 0 aliphatic heterocycles. The van der Waals surface area contributed by atoms with Gasteiger partial charge >= 0.3 is 0 Å². The van der Waals surface area contributed by atoms with E-state index in [1.54, 1.807) is 6.92 Å². The first-order valence-electron chi connectivity index (χ1n) is 5.71. The Labute approximate surface area is 113 Å². The molecule has 98 valence electrons. The molecule has 1 atom stereocenters. The number of thiocarbonyl (C=S) groups is 1. The molecule has 0 heterocycles. The van der Waals surface area contributed by atoms with E-state index in [2.05, 4.69) is 5.32 Å². The van der Waals surface area contributed by atoms with Gasteiger partial charge in [-0.05, 0) is 31.5 Å². The number of carbonyl (C=O) groups is 1. The van der Waals surface area contributed by atoms with Crippen LogP contribution < -0.4 is 16.0 Å². The van der Waals surface area contributed by atoms with Gasteiger partial charge in [0.15, 0.2) is 0 Å². The number of hydrogen-bond acceptors (Lipinski definition) is 3. The lowest BCUT2D eigenvalue weighted by Gasteiger charge is -2.18. The molecule has 0 bridgehead atoms. The lowest BCUT2D eigenvalue weighted by atomic mass is 10.1. The third-order valence-electron chi connectivity index (χ3n) is 2.78. The summed E-state index contributed by atoms with van der Waals surface area (Å²) in [7, 11) is 3.93. The van der Waals surface area contributed by atoms with E-state index < -0.39 is 5.92 Å². The number of amides is 1. The second-order valence-corrected chi connectivity index (χ2v) is 4.98. The van der Waals surface area contributed by atoms with Crippen LogP contribution in [0.15, 0.2) is 18.2 Å². The van der Waals surface area contributed by atoms with Gasteiger partial charge < -0.3 is 16.0 Å². The fourth-order valence-corrected chi connectivity index (χ4v) is 1.66. The summed E-state index contributed by atoms with van der Waals surface area (Å²) in [5.74, 6) is -0.653. The predicted molar refractivity (Wildman–Crippen MR) is 80.1 cm³/mol. The van der Waals surface area contributed by atoms with Crippen molar-refractivity contribution in [3.63, 3.8) is 0 Å². The van der Waals surface area contributed by atoms with Crippen molar-refractivity contribution in [2.45, 2.75) is 13.8 Å². The summed E-state index contributed by atoms with van der Waals surface area (Å²) in [6.45, 7) is 3.72. The van der Waals surface area contributed by atoms with Gasteiger partial charge in [0.05, 0.1) is 10.9 Å². The Balaban J connectivity index is 2.89. The minimum absolute atomic E-state index is 0.184. The smallest absolute Gasteiger partial charge is 0.234 e. The summed E-state index contributed by atoms with van der Waals surface area (Å²) >= 11 is 4.81. The van der Waals surface area contributed by atoms with Gasteiger partial charge in [-0.3, -0.25) is 4.79 Å². The van der Waals surface area contributed by atoms with Crippen LogP contribution in [0.5, 0.6) is 0 Å². The number of anilines is 2. The second kappa shape index (κ2) is 5.82. The number of nitrogens with one attached hydrogen (secondary N) is 1. The summed E-state index contributed by atoms with van der Waals surface area (Å²) in [6, 6.07) is 5.77. The van der Waals surface area contributed by atoms with Gasteiger partial charge in [-0.15, -0.1) is 0 Å². The van der Waals surface area contributed by atoms with Crippen LogP contribution in [0.4, 0.5) is 11.4 Å². The van der Waals surface area contributed by atoms with Gasteiger partial charge in [-0.1, -0.05) is 18.3 Å². The maximum Gasteiger partial charge on any atom is 0.234 e. The van der Waals surface area contributed by atoms with E-state index in [0.29, 0.717) is 0 Å². The number of benzene rings is 1. The maximum absolute atomic E-state index is 11.8. The van der Waals surface area contributed by atoms with Crippen LogP contribution in [-0.2, 0) is 4.79 Å². The van der Waals surface area contributed by atoms with E-state index in [9.17, 15) is 4.79 Å². The summed E-state index contributed by atoms with van der Waals surface area (Å²) in [5, 5.41) is 2.81. The van der Waals surface area contributed by atoms with E-state index in [1.807, 2.05) is 44.1 Å². The van der Waals surface area contributed by atoms with Gasteiger partial charge in [-0.25, -0.2) is 0 Å². The zero-order valence-corrected chi connectivity index (χ0v) is 12.0. The third kappa shape index (κ3) is 3.43. The molecular weight excluding hydrogens is 246 g/mol. The van der Waals surface area contributed by atoms with Crippen molar-refractivity contribution >= 4 is 34.5 Å². The molecule has 0 spiro atoms. The van der Waals surface area contributed by atoms with Crippen molar-refractivity contribution in [3.8, 4) is 0 Å². The van der Waals surface area contributed by atoms with Crippen molar-refractivity contribution in [1.82, 2.24) is 0 Å². The Bertz CT molecular complexity index is 471. The van der Waals surface area contributed by atoms with Crippen LogP contribution in [0.2, 0.25) is 0 Å². The second-order valence-electron chi connectivity index (χ2n) is 4.51. The molecule has 1 aromatic rings. The van der Waals surface area contributed by atoms with Crippen LogP contribution in [0.25, 0.3) is 0 Å². The van der Waals surface area contributed by atoms with Crippen LogP contribution in [0, 0.1) is 12.8 Å². The fourth-order valence-electron chi connectivity index (χ4n) is 1.55. The average Bonchev–Trinajstić information content (AvgIpc) is 2.29. The first kappa shape index (κ1) is 14.4. The summed E-state index contributed by atoms with van der Waals surface area (Å²) in [5.41, 5.74) is 8.42. The summed E-state index contributed by atoms with van der Waals surface area (Å²) < 4.78 is 0. The Hall–Kier alpha value is -1.62. The molecule has 1 unspecified atom stereocenters. The van der Waals surface area contributed by atoms with Crippen molar-refractivity contribution in [1.29, 1.82) is 0 Å². The molecule has 0 aliphatic rings. The van der Waals surface area contributed by atoms with Crippen LogP contribution in [0.1, 0.15) is 12.5 Å². The number of rotatable bonds is 4. The van der Waals surface area contributed by atoms with Gasteiger partial charge in [0.2, 0.25) is 5.91 Å². The molecule has 18 heavy (non-hydrogen) atoms. The Morgan fingerprint density at radius 2 is 2.06 bits per heavy atom. The minimum atomic E-state index is -0.468. The van der Waals surface area contributed by atoms with Crippen LogP contribution >= 0.6 is 12.2 Å². The predicted octanol–water partition coefficient (Wildman–Crippen LogP) is 1.92. The van der Waals surface area contributed by atoms with E-state index in [-0.39, 0.29) is 10.9 Å². The average molecular weight is 265 g/mol. The molecule has 4 nitrogen and oxygen atoms in total. The molecule has 1 amide bonds. The normalized spacial score (nSPS) is 11.8. The first-order valence-corrected chi connectivity index (χ1v) is 6.12. The number of hydrogen-bond donors (Lipinski definition) is 2. The highest BCUT2D eigenvalue weighted by molar-refractivity contribution is 7.80. The third-order valence-corrected chi connectivity index (χ3v) is 3.13. The lowest BCUT2D eigenvalue weighted by Crippen LogP contribution is -2.30. The van der Waals surface area contributed by atoms with Crippen molar-refractivity contribution < 1.29 is 4.79 Å². The molecule has 1 aromatic carbocycles. The summed E-state index contributed by atoms with van der Waals surface area (Å²) in [4.78, 5) is 14.0. The molecule has 0 radical (unpaired) electrons. The molecule has 0 saturated carbocycles. The zero-order chi connectivity index (χ0) is 13.9. The largest absolute Gasteiger partial charge is 0.393 e. The number of aryl methyl sites for hydroxylation is 1. The van der Waals surface area contributed by atoms with Crippen molar-refractivity contribution in [3.05, 3.63) is 23.8 Å². The SMILES string of the molecule is Cc1ccc(NC(=O)C(C)C(N)=S)cc1N(C)C. The Kier molecular flexibility index (Phi) is 4.67. The highest BCUT2D eigenvalue weighted by Gasteiger charge is 2.15.